The monoisotopic (exact) mass is 502 g/mol. The number of tetrazole rings is 1. The number of nitrogens with zero attached hydrogens (tertiary/aromatic N) is 5. The first-order chi connectivity index (χ1) is 17.9. The minimum atomic E-state index is -0.262. The fourth-order valence-corrected chi connectivity index (χ4v) is 5.83. The molecule has 0 saturated heterocycles. The first-order valence-corrected chi connectivity index (χ1v) is 13.3. The number of aryl methyl sites for hydroxylation is 2. The summed E-state index contributed by atoms with van der Waals surface area (Å²) in [4.78, 5) is 18.8. The molecule has 1 aliphatic carbocycles. The molecule has 37 heavy (non-hydrogen) atoms. The molecule has 5 rings (SSSR count). The molecular weight excluding hydrogens is 467 g/mol. The molecule has 1 saturated carbocycles. The van der Waals surface area contributed by atoms with E-state index < -0.39 is 0 Å². The van der Waals surface area contributed by atoms with Gasteiger partial charge in [-0.05, 0) is 84.5 Å². The predicted molar refractivity (Wildman–Crippen MR) is 143 cm³/mol. The second kappa shape index (κ2) is 10.9. The molecule has 4 aromatic rings. The van der Waals surface area contributed by atoms with Crippen LogP contribution in [0.4, 0.5) is 4.39 Å². The van der Waals surface area contributed by atoms with E-state index in [0.29, 0.717) is 19.1 Å². The molecule has 0 aliphatic heterocycles. The van der Waals surface area contributed by atoms with E-state index in [1.54, 1.807) is 12.1 Å². The van der Waals surface area contributed by atoms with Crippen molar-refractivity contribution in [1.82, 2.24) is 30.1 Å². The molecule has 1 aliphatic rings. The molecule has 0 bridgehead atoms. The summed E-state index contributed by atoms with van der Waals surface area (Å²) in [6.07, 6.45) is 6.62. The lowest BCUT2D eigenvalue weighted by Crippen LogP contribution is -2.41. The lowest BCUT2D eigenvalue weighted by Gasteiger charge is -2.39. The van der Waals surface area contributed by atoms with E-state index in [9.17, 15) is 9.18 Å². The zero-order chi connectivity index (χ0) is 25.9. The summed E-state index contributed by atoms with van der Waals surface area (Å²) in [5.41, 5.74) is 4.83. The van der Waals surface area contributed by atoms with E-state index in [4.69, 9.17) is 0 Å². The Balaban J connectivity index is 1.51. The van der Waals surface area contributed by atoms with Gasteiger partial charge in [0.2, 0.25) is 0 Å². The molecule has 2 aromatic carbocycles. The Morgan fingerprint density at radius 2 is 1.86 bits per heavy atom. The maximum absolute atomic E-state index is 13.4. The topological polar surface area (TPSA) is 79.7 Å². The van der Waals surface area contributed by atoms with E-state index in [0.717, 1.165) is 58.2 Å². The van der Waals surface area contributed by atoms with Gasteiger partial charge in [0.05, 0.1) is 12.6 Å². The van der Waals surface area contributed by atoms with Crippen LogP contribution in [-0.4, -0.2) is 36.1 Å². The van der Waals surface area contributed by atoms with Crippen molar-refractivity contribution in [2.45, 2.75) is 84.5 Å². The van der Waals surface area contributed by atoms with E-state index in [1.807, 2.05) is 17.7 Å². The van der Waals surface area contributed by atoms with Crippen molar-refractivity contribution in [1.29, 1.82) is 0 Å². The van der Waals surface area contributed by atoms with E-state index in [-0.39, 0.29) is 17.4 Å². The Hall–Kier alpha value is -3.39. The molecular formula is C29H35FN6O. The molecule has 8 heteroatoms. The molecule has 194 valence electrons. The third-order valence-electron chi connectivity index (χ3n) is 7.68. The number of benzene rings is 2. The van der Waals surface area contributed by atoms with Gasteiger partial charge >= 0.3 is 0 Å². The molecule has 7 nitrogen and oxygen atoms in total. The normalized spacial score (nSPS) is 15.5. The molecule has 0 radical (unpaired) electrons. The van der Waals surface area contributed by atoms with E-state index in [2.05, 4.69) is 51.4 Å². The summed E-state index contributed by atoms with van der Waals surface area (Å²) in [5, 5.41) is 13.8. The van der Waals surface area contributed by atoms with Crippen molar-refractivity contribution in [3.05, 3.63) is 86.7 Å². The lowest BCUT2D eigenvalue weighted by molar-refractivity contribution is 0.0844. The average molecular weight is 503 g/mol. The predicted octanol–water partition coefficient (Wildman–Crippen LogP) is 5.60. The van der Waals surface area contributed by atoms with Crippen molar-refractivity contribution in [3.63, 3.8) is 0 Å². The molecule has 1 fully saturated rings. The third-order valence-corrected chi connectivity index (χ3v) is 7.68. The van der Waals surface area contributed by atoms with Gasteiger partial charge in [-0.15, -0.1) is 5.10 Å². The number of fused-ring (bicyclic) bond motifs is 1. The second-order valence-electron chi connectivity index (χ2n) is 10.4. The van der Waals surface area contributed by atoms with Crippen molar-refractivity contribution in [2.75, 3.05) is 0 Å². The van der Waals surface area contributed by atoms with Gasteiger partial charge in [0.15, 0.2) is 5.82 Å². The highest BCUT2D eigenvalue weighted by Gasteiger charge is 2.32. The molecule has 0 spiro atoms. The van der Waals surface area contributed by atoms with Crippen LogP contribution in [0.15, 0.2) is 47.3 Å². The van der Waals surface area contributed by atoms with Crippen molar-refractivity contribution >= 4 is 10.9 Å². The summed E-state index contributed by atoms with van der Waals surface area (Å²) in [5.74, 6) is 0.517. The van der Waals surface area contributed by atoms with Crippen molar-refractivity contribution < 1.29 is 4.39 Å². The lowest BCUT2D eigenvalue weighted by atomic mass is 9.92. The number of aromatic nitrogens is 5. The molecule has 0 unspecified atom stereocenters. The number of hydrogen-bond donors (Lipinski definition) is 1. The van der Waals surface area contributed by atoms with Crippen molar-refractivity contribution in [3.8, 4) is 0 Å². The zero-order valence-corrected chi connectivity index (χ0v) is 21.9. The molecule has 2 heterocycles. The summed E-state index contributed by atoms with van der Waals surface area (Å²) in [7, 11) is 0. The van der Waals surface area contributed by atoms with Gasteiger partial charge in [-0.2, -0.15) is 0 Å². The first-order valence-electron chi connectivity index (χ1n) is 13.3. The number of halogens is 1. The van der Waals surface area contributed by atoms with Gasteiger partial charge in [-0.25, -0.2) is 9.07 Å². The standard InChI is InChI=1S/C29H35FN6O/c1-4-27(28-32-33-34-36(28)17-21-10-12-23(30)13-11-21)35(24-8-6-5-7-9-24)18-22-16-25-20(3)14-19(2)15-26(25)31-29(22)37/h10-16,24,27H,4-9,17-18H2,1-3H3,(H,31,37)/t27-/m0/s1. The summed E-state index contributed by atoms with van der Waals surface area (Å²) in [6, 6.07) is 13.0. The van der Waals surface area contributed by atoms with Gasteiger partial charge in [0.1, 0.15) is 5.82 Å². The summed E-state index contributed by atoms with van der Waals surface area (Å²) in [6.45, 7) is 7.28. The Morgan fingerprint density at radius 3 is 2.59 bits per heavy atom. The van der Waals surface area contributed by atoms with Gasteiger partial charge < -0.3 is 4.98 Å². The average Bonchev–Trinajstić information content (AvgIpc) is 3.34. The number of H-pyrrole nitrogens is 1. The first kappa shape index (κ1) is 25.3. The molecule has 1 atom stereocenters. The van der Waals surface area contributed by atoms with Gasteiger partial charge in [0, 0.05) is 29.1 Å². The van der Waals surface area contributed by atoms with Crippen LogP contribution in [0.2, 0.25) is 0 Å². The Labute approximate surface area is 216 Å². The molecule has 1 N–H and O–H groups in total. The van der Waals surface area contributed by atoms with Crippen molar-refractivity contribution in [2.24, 2.45) is 0 Å². The highest BCUT2D eigenvalue weighted by Crippen LogP contribution is 2.33. The number of hydrogen-bond acceptors (Lipinski definition) is 5. The fourth-order valence-electron chi connectivity index (χ4n) is 5.83. The number of rotatable bonds is 8. The SMILES string of the molecule is CC[C@@H](c1nnnn1Cc1ccc(F)cc1)N(Cc1cc2c(C)cc(C)cc2[nH]c1=O)C1CCCCC1. The van der Waals surface area contributed by atoms with Gasteiger partial charge in [0.25, 0.3) is 5.56 Å². The summed E-state index contributed by atoms with van der Waals surface area (Å²) < 4.78 is 15.3. The van der Waals surface area contributed by atoms with Crippen LogP contribution < -0.4 is 5.56 Å². The maximum Gasteiger partial charge on any atom is 0.252 e. The van der Waals surface area contributed by atoms with Gasteiger partial charge in [-0.3, -0.25) is 9.69 Å². The van der Waals surface area contributed by atoms with Crippen LogP contribution in [-0.2, 0) is 13.1 Å². The van der Waals surface area contributed by atoms with E-state index in [1.165, 1.54) is 31.4 Å². The Bertz CT molecular complexity index is 1420. The molecule has 2 aromatic heterocycles. The highest BCUT2D eigenvalue weighted by atomic mass is 19.1. The zero-order valence-electron chi connectivity index (χ0n) is 21.9. The van der Waals surface area contributed by atoms with Gasteiger partial charge in [-0.1, -0.05) is 44.4 Å². The Kier molecular flexibility index (Phi) is 7.46. The molecule has 0 amide bonds. The van der Waals surface area contributed by atoms with Crippen LogP contribution in [0.5, 0.6) is 0 Å². The Morgan fingerprint density at radius 1 is 1.11 bits per heavy atom. The van der Waals surface area contributed by atoms with Crippen LogP contribution >= 0.6 is 0 Å². The number of nitrogens with one attached hydrogen (secondary N) is 1. The minimum Gasteiger partial charge on any atom is -0.322 e. The quantitative estimate of drug-likeness (QED) is 0.339. The van der Waals surface area contributed by atoms with E-state index >= 15 is 0 Å². The fraction of sp³-hybridized carbons (Fsp3) is 0.448. The van der Waals surface area contributed by atoms with Crippen LogP contribution in [0.3, 0.4) is 0 Å². The van der Waals surface area contributed by atoms with Crippen LogP contribution in [0, 0.1) is 19.7 Å². The van der Waals surface area contributed by atoms with Crippen LogP contribution in [0.25, 0.3) is 10.9 Å². The smallest absolute Gasteiger partial charge is 0.252 e. The number of aromatic amines is 1. The number of pyridine rings is 1. The maximum atomic E-state index is 13.4. The highest BCUT2D eigenvalue weighted by molar-refractivity contribution is 5.83. The largest absolute Gasteiger partial charge is 0.322 e. The minimum absolute atomic E-state index is 0.0425. The van der Waals surface area contributed by atoms with Crippen LogP contribution in [0.1, 0.15) is 79.6 Å². The third kappa shape index (κ3) is 5.49. The summed E-state index contributed by atoms with van der Waals surface area (Å²) >= 11 is 0. The second-order valence-corrected chi connectivity index (χ2v) is 10.4.